The first-order valence-corrected chi connectivity index (χ1v) is 7.22. The summed E-state index contributed by atoms with van der Waals surface area (Å²) in [6.07, 6.45) is 6.71. The van der Waals surface area contributed by atoms with Gasteiger partial charge >= 0.3 is 0 Å². The van der Waals surface area contributed by atoms with Crippen LogP contribution in [0.1, 0.15) is 44.6 Å². The van der Waals surface area contributed by atoms with E-state index < -0.39 is 0 Å². The third kappa shape index (κ3) is 3.89. The Morgan fingerprint density at radius 3 is 2.68 bits per heavy atom. The van der Waals surface area contributed by atoms with Crippen LogP contribution < -0.4 is 11.1 Å². The van der Waals surface area contributed by atoms with Crippen molar-refractivity contribution < 1.29 is 0 Å². The van der Waals surface area contributed by atoms with Crippen molar-refractivity contribution >= 4 is 11.4 Å². The fourth-order valence-corrected chi connectivity index (χ4v) is 2.82. The van der Waals surface area contributed by atoms with Crippen molar-refractivity contribution in [2.24, 2.45) is 11.8 Å². The van der Waals surface area contributed by atoms with E-state index in [4.69, 9.17) is 11.0 Å². The van der Waals surface area contributed by atoms with Gasteiger partial charge in [-0.1, -0.05) is 32.6 Å². The van der Waals surface area contributed by atoms with E-state index in [9.17, 15) is 0 Å². The van der Waals surface area contributed by atoms with Crippen LogP contribution >= 0.6 is 0 Å². The van der Waals surface area contributed by atoms with Gasteiger partial charge in [-0.2, -0.15) is 5.26 Å². The lowest BCUT2D eigenvalue weighted by Crippen LogP contribution is -2.16. The highest BCUT2D eigenvalue weighted by atomic mass is 14.9. The van der Waals surface area contributed by atoms with Crippen LogP contribution in [0.5, 0.6) is 0 Å². The molecule has 0 saturated heterocycles. The van der Waals surface area contributed by atoms with Gasteiger partial charge < -0.3 is 11.1 Å². The number of nitrogens with zero attached hydrogens (tertiary/aromatic N) is 1. The number of nitriles is 1. The van der Waals surface area contributed by atoms with Crippen molar-refractivity contribution in [3.63, 3.8) is 0 Å². The van der Waals surface area contributed by atoms with Crippen molar-refractivity contribution in [2.45, 2.75) is 39.0 Å². The largest absolute Gasteiger partial charge is 0.397 e. The Bertz CT molecular complexity index is 454. The lowest BCUT2D eigenvalue weighted by Gasteiger charge is -2.26. The van der Waals surface area contributed by atoms with Gasteiger partial charge in [-0.15, -0.1) is 0 Å². The minimum absolute atomic E-state index is 0.615. The average molecular weight is 257 g/mol. The SMILES string of the molecule is CC1CCC(CCNc2ccc(C#N)cc2N)CC1. The van der Waals surface area contributed by atoms with Gasteiger partial charge in [-0.05, 0) is 36.5 Å². The summed E-state index contributed by atoms with van der Waals surface area (Å²) in [5.74, 6) is 1.78. The van der Waals surface area contributed by atoms with Crippen LogP contribution in [-0.4, -0.2) is 6.54 Å². The zero-order valence-electron chi connectivity index (χ0n) is 11.7. The van der Waals surface area contributed by atoms with Crippen LogP contribution in [0.15, 0.2) is 18.2 Å². The van der Waals surface area contributed by atoms with E-state index in [1.807, 2.05) is 6.07 Å². The second-order valence-corrected chi connectivity index (χ2v) is 5.76. The monoisotopic (exact) mass is 257 g/mol. The molecule has 1 saturated carbocycles. The van der Waals surface area contributed by atoms with E-state index in [1.165, 1.54) is 32.1 Å². The summed E-state index contributed by atoms with van der Waals surface area (Å²) >= 11 is 0. The lowest BCUT2D eigenvalue weighted by molar-refractivity contribution is 0.282. The minimum atomic E-state index is 0.615. The molecule has 0 aromatic heterocycles. The topological polar surface area (TPSA) is 61.8 Å². The van der Waals surface area contributed by atoms with Gasteiger partial charge in [0.25, 0.3) is 0 Å². The molecule has 3 nitrogen and oxygen atoms in total. The molecule has 3 N–H and O–H groups in total. The minimum Gasteiger partial charge on any atom is -0.397 e. The van der Waals surface area contributed by atoms with Crippen molar-refractivity contribution in [3.8, 4) is 6.07 Å². The van der Waals surface area contributed by atoms with Gasteiger partial charge in [-0.3, -0.25) is 0 Å². The number of nitrogen functional groups attached to an aromatic ring is 1. The number of nitrogens with one attached hydrogen (secondary N) is 1. The predicted octanol–water partition coefficient (Wildman–Crippen LogP) is 3.77. The van der Waals surface area contributed by atoms with E-state index in [0.717, 1.165) is 24.1 Å². The van der Waals surface area contributed by atoms with Crippen LogP contribution in [-0.2, 0) is 0 Å². The summed E-state index contributed by atoms with van der Waals surface area (Å²) in [7, 11) is 0. The first-order valence-electron chi connectivity index (χ1n) is 7.22. The highest BCUT2D eigenvalue weighted by Gasteiger charge is 2.17. The first kappa shape index (κ1) is 13.7. The zero-order chi connectivity index (χ0) is 13.7. The molecule has 1 aromatic carbocycles. The quantitative estimate of drug-likeness (QED) is 0.807. The molecule has 1 aliphatic carbocycles. The molecule has 0 radical (unpaired) electrons. The van der Waals surface area contributed by atoms with Crippen molar-refractivity contribution in [1.29, 1.82) is 5.26 Å². The third-order valence-corrected chi connectivity index (χ3v) is 4.18. The molecular weight excluding hydrogens is 234 g/mol. The molecule has 0 unspecified atom stereocenters. The number of benzene rings is 1. The molecule has 1 aromatic rings. The molecule has 0 bridgehead atoms. The summed E-state index contributed by atoms with van der Waals surface area (Å²) in [5.41, 5.74) is 8.15. The summed E-state index contributed by atoms with van der Waals surface area (Å²) in [6, 6.07) is 7.53. The van der Waals surface area contributed by atoms with Crippen LogP contribution in [0.3, 0.4) is 0 Å². The Balaban J connectivity index is 1.78. The zero-order valence-corrected chi connectivity index (χ0v) is 11.7. The average Bonchev–Trinajstić information content (AvgIpc) is 2.42. The molecule has 0 aliphatic heterocycles. The predicted molar refractivity (Wildman–Crippen MR) is 79.8 cm³/mol. The van der Waals surface area contributed by atoms with Gasteiger partial charge in [0.2, 0.25) is 0 Å². The van der Waals surface area contributed by atoms with Crippen molar-refractivity contribution in [2.75, 3.05) is 17.6 Å². The molecule has 0 heterocycles. The summed E-state index contributed by atoms with van der Waals surface area (Å²) < 4.78 is 0. The number of anilines is 2. The Hall–Kier alpha value is -1.69. The maximum absolute atomic E-state index is 8.79. The molecule has 102 valence electrons. The Kier molecular flexibility index (Phi) is 4.68. The molecule has 3 heteroatoms. The third-order valence-electron chi connectivity index (χ3n) is 4.18. The summed E-state index contributed by atoms with van der Waals surface area (Å²) in [4.78, 5) is 0. The molecule has 0 atom stereocenters. The van der Waals surface area contributed by atoms with Gasteiger partial charge in [0.1, 0.15) is 0 Å². The maximum Gasteiger partial charge on any atom is 0.0992 e. The molecule has 0 amide bonds. The number of nitrogens with two attached hydrogens (primary N) is 1. The molecular formula is C16H23N3. The van der Waals surface area contributed by atoms with Crippen LogP contribution in [0, 0.1) is 23.2 Å². The Morgan fingerprint density at radius 1 is 1.32 bits per heavy atom. The van der Waals surface area contributed by atoms with Crippen LogP contribution in [0.25, 0.3) is 0 Å². The van der Waals surface area contributed by atoms with Gasteiger partial charge in [-0.25, -0.2) is 0 Å². The summed E-state index contributed by atoms with van der Waals surface area (Å²) in [5, 5.41) is 12.2. The fraction of sp³-hybridized carbons (Fsp3) is 0.562. The molecule has 0 spiro atoms. The molecule has 2 rings (SSSR count). The number of hydrogen-bond donors (Lipinski definition) is 2. The van der Waals surface area contributed by atoms with Crippen LogP contribution in [0.2, 0.25) is 0 Å². The second-order valence-electron chi connectivity index (χ2n) is 5.76. The van der Waals surface area contributed by atoms with E-state index in [1.54, 1.807) is 12.1 Å². The summed E-state index contributed by atoms with van der Waals surface area (Å²) in [6.45, 7) is 3.32. The van der Waals surface area contributed by atoms with Gasteiger partial charge in [0.05, 0.1) is 23.0 Å². The van der Waals surface area contributed by atoms with Crippen molar-refractivity contribution in [1.82, 2.24) is 0 Å². The maximum atomic E-state index is 8.79. The van der Waals surface area contributed by atoms with Crippen LogP contribution in [0.4, 0.5) is 11.4 Å². The van der Waals surface area contributed by atoms with E-state index >= 15 is 0 Å². The molecule has 1 fully saturated rings. The number of hydrogen-bond acceptors (Lipinski definition) is 3. The smallest absolute Gasteiger partial charge is 0.0992 e. The van der Waals surface area contributed by atoms with Crippen molar-refractivity contribution in [3.05, 3.63) is 23.8 Å². The Morgan fingerprint density at radius 2 is 2.05 bits per heavy atom. The first-order chi connectivity index (χ1) is 9.19. The van der Waals surface area contributed by atoms with E-state index in [0.29, 0.717) is 11.3 Å². The highest BCUT2D eigenvalue weighted by molar-refractivity contribution is 5.68. The number of rotatable bonds is 4. The fourth-order valence-electron chi connectivity index (χ4n) is 2.82. The second kappa shape index (κ2) is 6.47. The molecule has 1 aliphatic rings. The van der Waals surface area contributed by atoms with E-state index in [2.05, 4.69) is 18.3 Å². The van der Waals surface area contributed by atoms with Gasteiger partial charge in [0, 0.05) is 6.54 Å². The standard InChI is InChI=1S/C16H23N3/c1-12-2-4-13(5-3-12)8-9-19-16-7-6-14(11-17)10-15(16)18/h6-7,10,12-13,19H,2-5,8-9,18H2,1H3. The van der Waals surface area contributed by atoms with Gasteiger partial charge in [0.15, 0.2) is 0 Å². The van der Waals surface area contributed by atoms with E-state index in [-0.39, 0.29) is 0 Å². The highest BCUT2D eigenvalue weighted by Crippen LogP contribution is 2.30. The Labute approximate surface area is 115 Å². The normalized spacial score (nSPS) is 22.7. The lowest BCUT2D eigenvalue weighted by atomic mass is 9.81. The molecule has 19 heavy (non-hydrogen) atoms.